The molecule has 0 atom stereocenters. The van der Waals surface area contributed by atoms with Gasteiger partial charge in [-0.05, 0) is 20.0 Å². The monoisotopic (exact) mass is 293 g/mol. The van der Waals surface area contributed by atoms with Gasteiger partial charge in [0, 0.05) is 24.7 Å². The van der Waals surface area contributed by atoms with E-state index in [0.29, 0.717) is 26.4 Å². The van der Waals surface area contributed by atoms with Crippen LogP contribution in [0.4, 0.5) is 0 Å². The van der Waals surface area contributed by atoms with Crippen LogP contribution in [0.2, 0.25) is 0 Å². The van der Waals surface area contributed by atoms with Gasteiger partial charge < -0.3 is 19.1 Å². The maximum absolute atomic E-state index is 5.50. The van der Waals surface area contributed by atoms with Gasteiger partial charge in [-0.15, -0.1) is 0 Å². The minimum atomic E-state index is 0.663. The van der Waals surface area contributed by atoms with E-state index in [2.05, 4.69) is 18.7 Å². The summed E-state index contributed by atoms with van der Waals surface area (Å²) in [4.78, 5) is 2.44. The van der Waals surface area contributed by atoms with Crippen LogP contribution in [0, 0.1) is 0 Å². The van der Waals surface area contributed by atoms with Gasteiger partial charge in [0.05, 0.1) is 33.0 Å². The number of rotatable bonds is 15. The Kier molecular flexibility index (Phi) is 16.4. The minimum Gasteiger partial charge on any atom is -0.379 e. The minimum absolute atomic E-state index is 0.663. The van der Waals surface area contributed by atoms with Crippen LogP contribution in [-0.4, -0.2) is 75.7 Å². The van der Waals surface area contributed by atoms with E-state index in [4.69, 9.17) is 14.2 Å². The van der Waals surface area contributed by atoms with Crippen LogP contribution in [0.3, 0.4) is 0 Å². The van der Waals surface area contributed by atoms with Gasteiger partial charge >= 0.3 is 0 Å². The van der Waals surface area contributed by atoms with Gasteiger partial charge in [0.25, 0.3) is 0 Å². The molecule has 0 fully saturated rings. The van der Waals surface area contributed by atoms with Crippen molar-refractivity contribution in [3.05, 3.63) is 0 Å². The zero-order valence-electron chi connectivity index (χ0n) is 12.9. The zero-order valence-corrected chi connectivity index (χ0v) is 13.7. The largest absolute Gasteiger partial charge is 0.379 e. The fourth-order valence-corrected chi connectivity index (χ4v) is 2.36. The molecule has 0 aromatic carbocycles. The molecular formula is C14H31NO3S. The van der Waals surface area contributed by atoms with Gasteiger partial charge in [0.2, 0.25) is 0 Å². The molecule has 4 nitrogen and oxygen atoms in total. The normalized spacial score (nSPS) is 11.4. The molecule has 0 aromatic heterocycles. The molecule has 0 amide bonds. The second-order valence-corrected chi connectivity index (χ2v) is 5.29. The molecule has 0 aliphatic carbocycles. The Morgan fingerprint density at radius 2 is 1.32 bits per heavy atom. The Balaban J connectivity index is 3.02. The SMILES string of the molecule is CCOCCOCCOCCSCCN(CC)CC. The Hall–Kier alpha value is 0.190. The number of nitrogens with zero attached hydrogens (tertiary/aromatic N) is 1. The second kappa shape index (κ2) is 16.2. The first-order valence-corrected chi connectivity index (χ1v) is 8.53. The van der Waals surface area contributed by atoms with Crippen molar-refractivity contribution in [3.8, 4) is 0 Å². The lowest BCUT2D eigenvalue weighted by Crippen LogP contribution is -2.25. The lowest BCUT2D eigenvalue weighted by Gasteiger charge is -2.17. The summed E-state index contributed by atoms with van der Waals surface area (Å²) >= 11 is 1.96. The van der Waals surface area contributed by atoms with Gasteiger partial charge in [-0.25, -0.2) is 0 Å². The predicted octanol–water partition coefficient (Wildman–Crippen LogP) is 2.13. The van der Waals surface area contributed by atoms with Crippen molar-refractivity contribution in [1.82, 2.24) is 4.90 Å². The Labute approximate surface area is 123 Å². The summed E-state index contributed by atoms with van der Waals surface area (Å²) in [5.74, 6) is 2.26. The van der Waals surface area contributed by atoms with E-state index in [9.17, 15) is 0 Å². The summed E-state index contributed by atoms with van der Waals surface area (Å²) in [6, 6.07) is 0. The molecule has 0 spiro atoms. The molecule has 0 aliphatic heterocycles. The van der Waals surface area contributed by atoms with Crippen molar-refractivity contribution in [2.24, 2.45) is 0 Å². The highest BCUT2D eigenvalue weighted by atomic mass is 32.2. The molecule has 5 heteroatoms. The van der Waals surface area contributed by atoms with E-state index in [1.807, 2.05) is 18.7 Å². The number of thioether (sulfide) groups is 1. The van der Waals surface area contributed by atoms with E-state index in [-0.39, 0.29) is 0 Å². The Bertz CT molecular complexity index is 169. The number of hydrogen-bond acceptors (Lipinski definition) is 5. The van der Waals surface area contributed by atoms with Gasteiger partial charge in [-0.2, -0.15) is 11.8 Å². The molecule has 0 N–H and O–H groups in total. The second-order valence-electron chi connectivity index (χ2n) is 4.06. The fourth-order valence-electron chi connectivity index (χ4n) is 1.54. The zero-order chi connectivity index (χ0) is 14.2. The third-order valence-electron chi connectivity index (χ3n) is 2.77. The van der Waals surface area contributed by atoms with Crippen molar-refractivity contribution >= 4 is 11.8 Å². The van der Waals surface area contributed by atoms with Crippen molar-refractivity contribution in [1.29, 1.82) is 0 Å². The molecule has 0 saturated heterocycles. The van der Waals surface area contributed by atoms with Crippen LogP contribution in [0.15, 0.2) is 0 Å². The molecule has 0 heterocycles. The first-order valence-electron chi connectivity index (χ1n) is 7.38. The molecule has 0 aromatic rings. The molecule has 19 heavy (non-hydrogen) atoms. The van der Waals surface area contributed by atoms with Crippen LogP contribution in [0.5, 0.6) is 0 Å². The van der Waals surface area contributed by atoms with Crippen molar-refractivity contribution in [2.75, 3.05) is 70.8 Å². The molecule has 0 rings (SSSR count). The third-order valence-corrected chi connectivity index (χ3v) is 3.69. The summed E-state index contributed by atoms with van der Waals surface area (Å²) in [6.07, 6.45) is 0. The average molecular weight is 293 g/mol. The number of ether oxygens (including phenoxy) is 3. The van der Waals surface area contributed by atoms with Crippen LogP contribution >= 0.6 is 11.8 Å². The summed E-state index contributed by atoms with van der Waals surface area (Å²) in [6.45, 7) is 14.1. The van der Waals surface area contributed by atoms with Crippen molar-refractivity contribution in [3.63, 3.8) is 0 Å². The maximum Gasteiger partial charge on any atom is 0.0701 e. The average Bonchev–Trinajstić information content (AvgIpc) is 2.44. The van der Waals surface area contributed by atoms with Crippen LogP contribution in [-0.2, 0) is 14.2 Å². The van der Waals surface area contributed by atoms with Gasteiger partial charge in [0.1, 0.15) is 0 Å². The third kappa shape index (κ3) is 14.4. The van der Waals surface area contributed by atoms with E-state index >= 15 is 0 Å². The summed E-state index contributed by atoms with van der Waals surface area (Å²) < 4.78 is 16.0. The lowest BCUT2D eigenvalue weighted by molar-refractivity contribution is 0.0200. The van der Waals surface area contributed by atoms with Crippen LogP contribution in [0.1, 0.15) is 20.8 Å². The quantitative estimate of drug-likeness (QED) is 0.432. The molecule has 116 valence electrons. The lowest BCUT2D eigenvalue weighted by atomic mass is 10.5. The topological polar surface area (TPSA) is 30.9 Å². The smallest absolute Gasteiger partial charge is 0.0701 e. The fraction of sp³-hybridized carbons (Fsp3) is 1.00. The first kappa shape index (κ1) is 19.2. The molecular weight excluding hydrogens is 262 g/mol. The van der Waals surface area contributed by atoms with Crippen molar-refractivity contribution < 1.29 is 14.2 Å². The van der Waals surface area contributed by atoms with Crippen LogP contribution in [0.25, 0.3) is 0 Å². The summed E-state index contributed by atoms with van der Waals surface area (Å²) in [7, 11) is 0. The summed E-state index contributed by atoms with van der Waals surface area (Å²) in [5.41, 5.74) is 0. The first-order chi connectivity index (χ1) is 9.35. The van der Waals surface area contributed by atoms with E-state index in [0.717, 1.165) is 32.1 Å². The molecule has 0 radical (unpaired) electrons. The molecule has 0 saturated carbocycles. The standard InChI is InChI=1S/C14H31NO3S/c1-4-15(5-2)7-13-19-14-12-18-11-10-17-9-8-16-6-3/h4-14H2,1-3H3. The van der Waals surface area contributed by atoms with Crippen LogP contribution < -0.4 is 0 Å². The highest BCUT2D eigenvalue weighted by Crippen LogP contribution is 2.01. The van der Waals surface area contributed by atoms with Crippen molar-refractivity contribution in [2.45, 2.75) is 20.8 Å². The van der Waals surface area contributed by atoms with E-state index < -0.39 is 0 Å². The van der Waals surface area contributed by atoms with Gasteiger partial charge in [-0.1, -0.05) is 13.8 Å². The maximum atomic E-state index is 5.50. The number of hydrogen-bond donors (Lipinski definition) is 0. The van der Waals surface area contributed by atoms with Gasteiger partial charge in [0.15, 0.2) is 0 Å². The Morgan fingerprint density at radius 1 is 0.737 bits per heavy atom. The Morgan fingerprint density at radius 3 is 1.89 bits per heavy atom. The highest BCUT2D eigenvalue weighted by molar-refractivity contribution is 7.99. The molecule has 0 bridgehead atoms. The molecule has 0 aliphatic rings. The summed E-state index contributed by atoms with van der Waals surface area (Å²) in [5, 5.41) is 0. The molecule has 0 unspecified atom stereocenters. The van der Waals surface area contributed by atoms with E-state index in [1.165, 1.54) is 12.3 Å². The van der Waals surface area contributed by atoms with E-state index in [1.54, 1.807) is 0 Å². The highest BCUT2D eigenvalue weighted by Gasteiger charge is 1.98. The van der Waals surface area contributed by atoms with Gasteiger partial charge in [-0.3, -0.25) is 0 Å². The predicted molar refractivity (Wildman–Crippen MR) is 83.2 cm³/mol.